The zero-order valence-corrected chi connectivity index (χ0v) is 25.9. The number of nitrogens with one attached hydrogen (secondary N) is 1. The Morgan fingerprint density at radius 1 is 1.10 bits per heavy atom. The molecule has 3 aliphatic heterocycles. The molecule has 2 saturated heterocycles. The Morgan fingerprint density at radius 2 is 1.85 bits per heavy atom. The predicted molar refractivity (Wildman–Crippen MR) is 163 cm³/mol. The molecule has 1 unspecified atom stereocenters. The lowest BCUT2D eigenvalue weighted by Gasteiger charge is -2.50. The Hall–Kier alpha value is -3.04. The molecular formula is C32H47N7O2. The molecule has 9 heteroatoms. The number of amides is 1. The summed E-state index contributed by atoms with van der Waals surface area (Å²) in [7, 11) is 1.83. The summed E-state index contributed by atoms with van der Waals surface area (Å²) in [6, 6.07) is 7.96. The van der Waals surface area contributed by atoms with Gasteiger partial charge >= 0.3 is 0 Å². The van der Waals surface area contributed by atoms with Crippen molar-refractivity contribution >= 4 is 11.6 Å². The molecule has 1 aromatic heterocycles. The third kappa shape index (κ3) is 6.41. The SMILES string of the molecule is CC1=CC(C)=NC(N2CCC3(CC2)NCCN(Cc2nn(C)nc2-c2cccc(OC(C)C)c2)C3=O)C(C)(C)CC1. The quantitative estimate of drug-likeness (QED) is 0.555. The summed E-state index contributed by atoms with van der Waals surface area (Å²) in [6.07, 6.45) is 6.20. The molecule has 0 saturated carbocycles. The summed E-state index contributed by atoms with van der Waals surface area (Å²) in [4.78, 5) is 25.3. The third-order valence-corrected chi connectivity index (χ3v) is 8.79. The fraction of sp³-hybridized carbons (Fsp3) is 0.625. The minimum Gasteiger partial charge on any atom is -0.491 e. The van der Waals surface area contributed by atoms with E-state index >= 15 is 0 Å². The zero-order chi connectivity index (χ0) is 29.4. The molecule has 0 aliphatic carbocycles. The van der Waals surface area contributed by atoms with Crippen molar-refractivity contribution in [3.05, 3.63) is 41.6 Å². The first-order valence-corrected chi connectivity index (χ1v) is 15.1. The van der Waals surface area contributed by atoms with Crippen LogP contribution in [0.25, 0.3) is 11.3 Å². The van der Waals surface area contributed by atoms with Crippen LogP contribution < -0.4 is 10.1 Å². The van der Waals surface area contributed by atoms with Gasteiger partial charge in [0.15, 0.2) is 0 Å². The fourth-order valence-corrected chi connectivity index (χ4v) is 6.61. The molecule has 2 aromatic rings. The lowest BCUT2D eigenvalue weighted by molar-refractivity contribution is -0.145. The molecular weight excluding hydrogens is 514 g/mol. The predicted octanol–water partition coefficient (Wildman–Crippen LogP) is 4.59. The third-order valence-electron chi connectivity index (χ3n) is 8.79. The molecule has 1 spiro atoms. The number of piperazine rings is 1. The second-order valence-electron chi connectivity index (χ2n) is 13.1. The number of allylic oxidation sites excluding steroid dienone is 2. The molecule has 222 valence electrons. The average Bonchev–Trinajstić information content (AvgIpc) is 3.28. The van der Waals surface area contributed by atoms with Crippen molar-refractivity contribution in [3.8, 4) is 17.0 Å². The molecule has 9 nitrogen and oxygen atoms in total. The Bertz CT molecular complexity index is 1320. The second-order valence-corrected chi connectivity index (χ2v) is 13.1. The summed E-state index contributed by atoms with van der Waals surface area (Å²) in [5.41, 5.74) is 4.57. The maximum atomic E-state index is 14.1. The molecule has 4 heterocycles. The fourth-order valence-electron chi connectivity index (χ4n) is 6.61. The number of carbonyl (C=O) groups is 1. The van der Waals surface area contributed by atoms with Crippen molar-refractivity contribution in [2.24, 2.45) is 17.5 Å². The smallest absolute Gasteiger partial charge is 0.243 e. The van der Waals surface area contributed by atoms with E-state index in [-0.39, 0.29) is 23.6 Å². The minimum absolute atomic E-state index is 0.0667. The Balaban J connectivity index is 1.31. The number of carbonyl (C=O) groups excluding carboxylic acids is 1. The molecule has 3 aliphatic rings. The summed E-state index contributed by atoms with van der Waals surface area (Å²) in [5, 5.41) is 13.0. The van der Waals surface area contributed by atoms with E-state index in [1.54, 1.807) is 4.80 Å². The van der Waals surface area contributed by atoms with Crippen molar-refractivity contribution in [1.82, 2.24) is 30.1 Å². The highest BCUT2D eigenvalue weighted by Crippen LogP contribution is 2.38. The summed E-state index contributed by atoms with van der Waals surface area (Å²) >= 11 is 0. The number of aliphatic imine (C=N–C) groups is 1. The van der Waals surface area contributed by atoms with Crippen LogP contribution in [-0.4, -0.2) is 80.4 Å². The largest absolute Gasteiger partial charge is 0.491 e. The number of aromatic nitrogens is 3. The highest BCUT2D eigenvalue weighted by Gasteiger charge is 2.48. The van der Waals surface area contributed by atoms with Crippen LogP contribution in [0.5, 0.6) is 5.75 Å². The first kappa shape index (κ1) is 29.5. The maximum Gasteiger partial charge on any atom is 0.243 e. The summed E-state index contributed by atoms with van der Waals surface area (Å²) in [6.45, 7) is 16.6. The second kappa shape index (κ2) is 11.7. The van der Waals surface area contributed by atoms with Gasteiger partial charge in [0, 0.05) is 49.9 Å². The highest BCUT2D eigenvalue weighted by molar-refractivity contribution is 5.93. The molecule has 1 N–H and O–H groups in total. The van der Waals surface area contributed by atoms with Crippen molar-refractivity contribution in [2.75, 3.05) is 26.2 Å². The highest BCUT2D eigenvalue weighted by atomic mass is 16.5. The van der Waals surface area contributed by atoms with E-state index in [0.29, 0.717) is 13.1 Å². The number of hydrogen-bond acceptors (Lipinski definition) is 7. The number of likely N-dealkylation sites (tertiary alicyclic amines) is 1. The van der Waals surface area contributed by atoms with E-state index in [0.717, 1.165) is 73.7 Å². The average molecular weight is 562 g/mol. The van der Waals surface area contributed by atoms with Gasteiger partial charge < -0.3 is 15.0 Å². The zero-order valence-electron chi connectivity index (χ0n) is 25.9. The van der Waals surface area contributed by atoms with Gasteiger partial charge in [0.25, 0.3) is 0 Å². The normalized spacial score (nSPS) is 23.3. The Labute approximate surface area is 245 Å². The van der Waals surface area contributed by atoms with Crippen molar-refractivity contribution in [2.45, 2.75) is 91.6 Å². The van der Waals surface area contributed by atoms with E-state index in [9.17, 15) is 4.79 Å². The number of benzene rings is 1. The van der Waals surface area contributed by atoms with E-state index in [4.69, 9.17) is 9.73 Å². The van der Waals surface area contributed by atoms with Crippen LogP contribution >= 0.6 is 0 Å². The van der Waals surface area contributed by atoms with E-state index in [1.165, 1.54) is 5.57 Å². The van der Waals surface area contributed by atoms with E-state index in [1.807, 2.05) is 50.1 Å². The van der Waals surface area contributed by atoms with Crippen molar-refractivity contribution in [3.63, 3.8) is 0 Å². The lowest BCUT2D eigenvalue weighted by Crippen LogP contribution is -2.68. The van der Waals surface area contributed by atoms with Gasteiger partial charge in [0.1, 0.15) is 28.8 Å². The van der Waals surface area contributed by atoms with E-state index in [2.05, 4.69) is 54.2 Å². The van der Waals surface area contributed by atoms with Gasteiger partial charge in [-0.25, -0.2) is 0 Å². The number of rotatable bonds is 6. The molecule has 1 aromatic carbocycles. The monoisotopic (exact) mass is 561 g/mol. The molecule has 1 amide bonds. The van der Waals surface area contributed by atoms with Gasteiger partial charge in [0.05, 0.1) is 12.6 Å². The van der Waals surface area contributed by atoms with Gasteiger partial charge in [0.2, 0.25) is 5.91 Å². The van der Waals surface area contributed by atoms with Crippen molar-refractivity contribution in [1.29, 1.82) is 0 Å². The van der Waals surface area contributed by atoms with Crippen LogP contribution in [0.3, 0.4) is 0 Å². The number of nitrogens with zero attached hydrogens (tertiary/aromatic N) is 6. The topological polar surface area (TPSA) is 87.9 Å². The van der Waals surface area contributed by atoms with Gasteiger partial charge in [-0.3, -0.25) is 14.7 Å². The van der Waals surface area contributed by atoms with Crippen LogP contribution in [0, 0.1) is 5.41 Å². The number of hydrogen-bond donors (Lipinski definition) is 1. The van der Waals surface area contributed by atoms with Crippen LogP contribution in [0.1, 0.15) is 72.9 Å². The number of ether oxygens (including phenoxy) is 1. The molecule has 1 atom stereocenters. The number of aryl methyl sites for hydroxylation is 1. The molecule has 0 radical (unpaired) electrons. The van der Waals surface area contributed by atoms with Crippen molar-refractivity contribution < 1.29 is 9.53 Å². The number of piperidine rings is 1. The first-order valence-electron chi connectivity index (χ1n) is 15.1. The van der Waals surface area contributed by atoms with Gasteiger partial charge in [-0.15, -0.1) is 0 Å². The molecule has 41 heavy (non-hydrogen) atoms. The van der Waals surface area contributed by atoms with Crippen LogP contribution in [0.15, 0.2) is 40.9 Å². The van der Waals surface area contributed by atoms with Crippen LogP contribution in [0.2, 0.25) is 0 Å². The van der Waals surface area contributed by atoms with Crippen LogP contribution in [0.4, 0.5) is 0 Å². The minimum atomic E-state index is -0.539. The molecule has 5 rings (SSSR count). The lowest BCUT2D eigenvalue weighted by atomic mass is 9.79. The summed E-state index contributed by atoms with van der Waals surface area (Å²) in [5.74, 6) is 0.975. The maximum absolute atomic E-state index is 14.1. The van der Waals surface area contributed by atoms with Gasteiger partial charge in [-0.05, 0) is 71.6 Å². The standard InChI is InChI=1S/C32H47N7O2/c1-22(2)41-26-10-8-9-25(20-26)28-27(35-37(7)36-28)21-39-18-15-33-32(30(39)40)13-16-38(17-14-32)29-31(5,6)12-11-23(3)19-24(4)34-29/h8-10,19-20,22,29,33H,11-18,21H2,1-7H3. The molecule has 2 fully saturated rings. The van der Waals surface area contributed by atoms with E-state index < -0.39 is 5.54 Å². The Morgan fingerprint density at radius 3 is 2.59 bits per heavy atom. The van der Waals surface area contributed by atoms with Crippen LogP contribution in [-0.2, 0) is 18.4 Å². The van der Waals surface area contributed by atoms with Gasteiger partial charge in [-0.1, -0.05) is 31.6 Å². The Kier molecular flexibility index (Phi) is 8.39. The van der Waals surface area contributed by atoms with Gasteiger partial charge in [-0.2, -0.15) is 15.0 Å². The summed E-state index contributed by atoms with van der Waals surface area (Å²) < 4.78 is 5.91. The molecule has 0 bridgehead atoms. The first-order chi connectivity index (χ1) is 19.5.